The molecule has 0 spiro atoms. The number of anilines is 1. The number of nitrogens with one attached hydrogen (secondary N) is 2. The largest absolute Gasteiger partial charge is 0.417 e. The first-order valence-electron chi connectivity index (χ1n) is 10.6. The highest BCUT2D eigenvalue weighted by Gasteiger charge is 2.63. The van der Waals surface area contributed by atoms with Crippen molar-refractivity contribution < 1.29 is 30.8 Å². The molecule has 2 aliphatic carbocycles. The molecule has 0 bridgehead atoms. The molecule has 2 aromatic heterocycles. The molecule has 12 heteroatoms. The fourth-order valence-corrected chi connectivity index (χ4v) is 5.30. The second-order valence-corrected chi connectivity index (χ2v) is 11.3. The molecule has 182 valence electrons. The Hall–Kier alpha value is -2.18. The number of aryl methyl sites for hydroxylation is 1. The zero-order chi connectivity index (χ0) is 24.1. The summed E-state index contributed by atoms with van der Waals surface area (Å²) >= 11 is 0. The first kappa shape index (κ1) is 24.0. The predicted octanol–water partition coefficient (Wildman–Crippen LogP) is 3.58. The summed E-state index contributed by atoms with van der Waals surface area (Å²) in [6.07, 6.45) is -1.24. The monoisotopic (exact) mass is 488 g/mol. The van der Waals surface area contributed by atoms with Gasteiger partial charge in [0.25, 0.3) is 0 Å². The van der Waals surface area contributed by atoms with E-state index in [4.69, 9.17) is 4.52 Å². The van der Waals surface area contributed by atoms with Crippen LogP contribution in [0.25, 0.3) is 0 Å². The van der Waals surface area contributed by atoms with Gasteiger partial charge in [-0.2, -0.15) is 13.2 Å². The number of hydrogen-bond acceptors (Lipinski definition) is 7. The molecule has 4 rings (SSSR count). The molecule has 2 aromatic rings. The fraction of sp³-hybridized carbons (Fsp3) is 0.619. The van der Waals surface area contributed by atoms with Gasteiger partial charge in [0.15, 0.2) is 5.60 Å². The van der Waals surface area contributed by atoms with Gasteiger partial charge in [-0.15, -0.1) is 0 Å². The fourth-order valence-electron chi connectivity index (χ4n) is 4.37. The SMILES string of the molecule is COC1(C(F)(F)F)CC(Nc2ccc(S(=O)(=O)NCc3noc4c3CC(C)(C)CC4)cn2)C1. The Bertz CT molecular complexity index is 1110. The quantitative estimate of drug-likeness (QED) is 0.614. The third kappa shape index (κ3) is 4.73. The van der Waals surface area contributed by atoms with Crippen molar-refractivity contribution >= 4 is 15.8 Å². The number of aromatic nitrogens is 2. The number of alkyl halides is 3. The highest BCUT2D eigenvalue weighted by molar-refractivity contribution is 7.89. The van der Waals surface area contributed by atoms with Crippen molar-refractivity contribution in [1.82, 2.24) is 14.9 Å². The minimum absolute atomic E-state index is 0.00410. The molecular weight excluding hydrogens is 461 g/mol. The van der Waals surface area contributed by atoms with Gasteiger partial charge in [-0.3, -0.25) is 0 Å². The van der Waals surface area contributed by atoms with E-state index in [0.29, 0.717) is 11.5 Å². The van der Waals surface area contributed by atoms with Gasteiger partial charge in [-0.05, 0) is 30.4 Å². The van der Waals surface area contributed by atoms with Crippen molar-refractivity contribution in [2.45, 2.75) is 75.2 Å². The Kier molecular flexibility index (Phi) is 5.98. The maximum atomic E-state index is 13.1. The standard InChI is InChI=1S/C21H27F3N4O4S/c1-19(2)7-6-17-15(10-19)16(28-32-17)12-26-33(29,30)14-4-5-18(25-11-14)27-13-8-20(9-13,31-3)21(22,23)24/h4-5,11,13,26H,6-10,12H2,1-3H3,(H,25,27). The van der Waals surface area contributed by atoms with E-state index < -0.39 is 27.8 Å². The molecule has 0 aromatic carbocycles. The summed E-state index contributed by atoms with van der Waals surface area (Å²) in [7, 11) is -2.82. The lowest BCUT2D eigenvalue weighted by Crippen LogP contribution is -2.60. The zero-order valence-corrected chi connectivity index (χ0v) is 19.4. The Balaban J connectivity index is 1.36. The van der Waals surface area contributed by atoms with Gasteiger partial charge in [-0.25, -0.2) is 18.1 Å². The van der Waals surface area contributed by atoms with Crippen LogP contribution in [0.5, 0.6) is 0 Å². The highest BCUT2D eigenvalue weighted by Crippen LogP contribution is 2.48. The van der Waals surface area contributed by atoms with E-state index >= 15 is 0 Å². The van der Waals surface area contributed by atoms with E-state index in [2.05, 4.69) is 38.8 Å². The van der Waals surface area contributed by atoms with Gasteiger partial charge in [0, 0.05) is 44.2 Å². The van der Waals surface area contributed by atoms with Crippen LogP contribution >= 0.6 is 0 Å². The molecule has 1 saturated carbocycles. The maximum absolute atomic E-state index is 13.1. The molecule has 2 aliphatic rings. The van der Waals surface area contributed by atoms with E-state index in [1.54, 1.807) is 0 Å². The summed E-state index contributed by atoms with van der Waals surface area (Å²) in [5.74, 6) is 1.10. The van der Waals surface area contributed by atoms with Crippen molar-refractivity contribution in [3.8, 4) is 0 Å². The molecule has 2 N–H and O–H groups in total. The molecule has 0 aliphatic heterocycles. The van der Waals surface area contributed by atoms with Crippen LogP contribution in [0.1, 0.15) is 50.1 Å². The van der Waals surface area contributed by atoms with Gasteiger partial charge in [0.2, 0.25) is 10.0 Å². The van der Waals surface area contributed by atoms with Crippen molar-refractivity contribution in [3.63, 3.8) is 0 Å². The number of methoxy groups -OCH3 is 1. The van der Waals surface area contributed by atoms with Crippen molar-refractivity contribution in [1.29, 1.82) is 0 Å². The first-order valence-corrected chi connectivity index (χ1v) is 12.1. The number of halogens is 3. The molecule has 0 atom stereocenters. The summed E-state index contributed by atoms with van der Waals surface area (Å²) in [5.41, 5.74) is -0.516. The third-order valence-corrected chi connectivity index (χ3v) is 7.91. The summed E-state index contributed by atoms with van der Waals surface area (Å²) in [4.78, 5) is 4.00. The summed E-state index contributed by atoms with van der Waals surface area (Å²) in [6, 6.07) is 2.31. The van der Waals surface area contributed by atoms with E-state index in [-0.39, 0.29) is 29.7 Å². The van der Waals surface area contributed by atoms with E-state index in [1.807, 2.05) is 0 Å². The van der Waals surface area contributed by atoms with Crippen LogP contribution in [0.4, 0.5) is 19.0 Å². The van der Waals surface area contributed by atoms with Crippen molar-refractivity contribution in [2.75, 3.05) is 12.4 Å². The van der Waals surface area contributed by atoms with E-state index in [9.17, 15) is 21.6 Å². The topological polar surface area (TPSA) is 106 Å². The summed E-state index contributed by atoms with van der Waals surface area (Å²) < 4.78 is 77.3. The molecular formula is C21H27F3N4O4S. The Morgan fingerprint density at radius 1 is 1.27 bits per heavy atom. The van der Waals surface area contributed by atoms with Crippen LogP contribution in [-0.4, -0.2) is 43.5 Å². The van der Waals surface area contributed by atoms with Gasteiger partial charge < -0.3 is 14.6 Å². The van der Waals surface area contributed by atoms with Crippen LogP contribution in [-0.2, 0) is 34.1 Å². The number of hydrogen-bond donors (Lipinski definition) is 2. The van der Waals surface area contributed by atoms with Gasteiger partial charge in [-0.1, -0.05) is 19.0 Å². The lowest BCUT2D eigenvalue weighted by Gasteiger charge is -2.47. The molecule has 0 radical (unpaired) electrons. The van der Waals surface area contributed by atoms with Crippen molar-refractivity contribution in [2.24, 2.45) is 5.41 Å². The highest BCUT2D eigenvalue weighted by atomic mass is 32.2. The average molecular weight is 489 g/mol. The van der Waals surface area contributed by atoms with Gasteiger partial charge >= 0.3 is 6.18 Å². The average Bonchev–Trinajstić information content (AvgIpc) is 3.09. The normalized spacial score (nSPS) is 24.7. The minimum atomic E-state index is -4.45. The molecule has 0 unspecified atom stereocenters. The molecule has 33 heavy (non-hydrogen) atoms. The summed E-state index contributed by atoms with van der Waals surface area (Å²) in [6.45, 7) is 4.30. The molecule has 8 nitrogen and oxygen atoms in total. The van der Waals surface area contributed by atoms with Gasteiger partial charge in [0.05, 0.1) is 6.54 Å². The van der Waals surface area contributed by atoms with Crippen LogP contribution in [0.2, 0.25) is 0 Å². The van der Waals surface area contributed by atoms with E-state index in [1.165, 1.54) is 12.1 Å². The summed E-state index contributed by atoms with van der Waals surface area (Å²) in [5, 5.41) is 6.93. The third-order valence-electron chi connectivity index (χ3n) is 6.52. The first-order chi connectivity index (χ1) is 15.3. The van der Waals surface area contributed by atoms with Crippen LogP contribution in [0.3, 0.4) is 0 Å². The second kappa shape index (κ2) is 8.24. The minimum Gasteiger partial charge on any atom is -0.369 e. The van der Waals surface area contributed by atoms with Crippen LogP contribution in [0, 0.1) is 5.41 Å². The lowest BCUT2D eigenvalue weighted by atomic mass is 9.75. The van der Waals surface area contributed by atoms with Gasteiger partial charge in [0.1, 0.15) is 22.2 Å². The Morgan fingerprint density at radius 3 is 2.61 bits per heavy atom. The number of rotatable bonds is 7. The molecule has 1 fully saturated rings. The molecule has 0 amide bonds. The predicted molar refractivity (Wildman–Crippen MR) is 113 cm³/mol. The Labute approximate surface area is 190 Å². The van der Waals surface area contributed by atoms with E-state index in [0.717, 1.165) is 43.9 Å². The number of pyridine rings is 1. The molecule has 2 heterocycles. The van der Waals surface area contributed by atoms with Crippen molar-refractivity contribution in [3.05, 3.63) is 35.3 Å². The second-order valence-electron chi connectivity index (χ2n) is 9.52. The number of sulfonamides is 1. The molecule has 0 saturated heterocycles. The number of fused-ring (bicyclic) bond motifs is 1. The smallest absolute Gasteiger partial charge is 0.369 e. The zero-order valence-electron chi connectivity index (χ0n) is 18.6. The number of nitrogens with zero attached hydrogens (tertiary/aromatic N) is 2. The number of ether oxygens (including phenoxy) is 1. The maximum Gasteiger partial charge on any atom is 0.417 e. The van der Waals surface area contributed by atoms with Crippen LogP contribution < -0.4 is 10.0 Å². The lowest BCUT2D eigenvalue weighted by molar-refractivity contribution is -0.298. The van der Waals surface area contributed by atoms with Crippen LogP contribution in [0.15, 0.2) is 27.7 Å². The Morgan fingerprint density at radius 2 is 2.00 bits per heavy atom.